The van der Waals surface area contributed by atoms with Gasteiger partial charge >= 0.3 is 0 Å². The Kier molecular flexibility index (Phi) is 6.86. The highest BCUT2D eigenvalue weighted by Crippen LogP contribution is 2.28. The van der Waals surface area contributed by atoms with Crippen LogP contribution in [0.2, 0.25) is 0 Å². The average molecular weight is 376 g/mol. The van der Waals surface area contributed by atoms with E-state index in [0.717, 1.165) is 49.5 Å². The van der Waals surface area contributed by atoms with Crippen molar-refractivity contribution in [1.29, 1.82) is 0 Å². The van der Waals surface area contributed by atoms with E-state index in [1.54, 1.807) is 0 Å². The van der Waals surface area contributed by atoms with Gasteiger partial charge in [-0.25, -0.2) is 0 Å². The van der Waals surface area contributed by atoms with Crippen molar-refractivity contribution in [3.05, 3.63) is 23.8 Å². The minimum absolute atomic E-state index is 0.202. The van der Waals surface area contributed by atoms with Crippen LogP contribution < -0.4 is 15.5 Å². The first kappa shape index (κ1) is 19.1. The normalized spacial score (nSPS) is 17.7. The van der Waals surface area contributed by atoms with Gasteiger partial charge in [-0.05, 0) is 62.5 Å². The zero-order chi connectivity index (χ0) is 18.4. The average Bonchev–Trinajstić information content (AvgIpc) is 3.28. The molecule has 5 nitrogen and oxygen atoms in total. The topological polar surface area (TPSA) is 53.6 Å². The van der Waals surface area contributed by atoms with Crippen LogP contribution in [0, 0.1) is 6.92 Å². The molecule has 2 N–H and O–H groups in total. The van der Waals surface area contributed by atoms with Gasteiger partial charge in [0.1, 0.15) is 0 Å². The maximum atomic E-state index is 12.0. The molecular weight excluding hydrogens is 346 g/mol. The second-order valence-electron chi connectivity index (χ2n) is 7.16. The van der Waals surface area contributed by atoms with Gasteiger partial charge in [0.2, 0.25) is 5.91 Å². The number of thiocarbonyl (C=S) groups is 1. The number of rotatable bonds is 7. The molecule has 2 aliphatic rings. The molecule has 1 amide bonds. The van der Waals surface area contributed by atoms with E-state index in [2.05, 4.69) is 10.6 Å². The Balaban J connectivity index is 1.43. The highest BCUT2D eigenvalue weighted by Gasteiger charge is 2.23. The second kappa shape index (κ2) is 9.33. The number of amides is 1. The molecule has 1 saturated heterocycles. The van der Waals surface area contributed by atoms with E-state index in [-0.39, 0.29) is 5.91 Å². The van der Waals surface area contributed by atoms with Crippen LogP contribution in [-0.4, -0.2) is 36.8 Å². The summed E-state index contributed by atoms with van der Waals surface area (Å²) in [4.78, 5) is 13.9. The van der Waals surface area contributed by atoms with Gasteiger partial charge in [0.25, 0.3) is 0 Å². The number of aryl methyl sites for hydroxylation is 1. The van der Waals surface area contributed by atoms with Crippen molar-refractivity contribution in [3.63, 3.8) is 0 Å². The maximum Gasteiger partial charge on any atom is 0.227 e. The highest BCUT2D eigenvalue weighted by molar-refractivity contribution is 7.80. The lowest BCUT2D eigenvalue weighted by Gasteiger charge is -2.20. The molecule has 6 heteroatoms. The number of hydrogen-bond acceptors (Lipinski definition) is 3. The van der Waals surface area contributed by atoms with Crippen molar-refractivity contribution in [2.45, 2.75) is 58.0 Å². The number of benzene rings is 1. The van der Waals surface area contributed by atoms with Crippen molar-refractivity contribution in [2.24, 2.45) is 0 Å². The predicted octanol–water partition coefficient (Wildman–Crippen LogP) is 3.76. The molecule has 1 saturated carbocycles. The third-order valence-electron chi connectivity index (χ3n) is 5.09. The molecular formula is C20H29N3O2S. The first-order valence-electron chi connectivity index (χ1n) is 9.71. The van der Waals surface area contributed by atoms with E-state index in [9.17, 15) is 4.79 Å². The minimum Gasteiger partial charge on any atom is -0.378 e. The van der Waals surface area contributed by atoms with E-state index in [4.69, 9.17) is 17.0 Å². The van der Waals surface area contributed by atoms with Gasteiger partial charge in [0, 0.05) is 37.5 Å². The van der Waals surface area contributed by atoms with Gasteiger partial charge in [-0.3, -0.25) is 4.79 Å². The molecule has 1 aromatic carbocycles. The summed E-state index contributed by atoms with van der Waals surface area (Å²) in [6.45, 7) is 4.41. The van der Waals surface area contributed by atoms with Crippen LogP contribution >= 0.6 is 12.2 Å². The van der Waals surface area contributed by atoms with Crippen LogP contribution in [0.25, 0.3) is 0 Å². The van der Waals surface area contributed by atoms with Gasteiger partial charge in [0.05, 0.1) is 6.10 Å². The smallest absolute Gasteiger partial charge is 0.227 e. The molecule has 1 aromatic rings. The van der Waals surface area contributed by atoms with Crippen molar-refractivity contribution >= 4 is 34.6 Å². The van der Waals surface area contributed by atoms with E-state index >= 15 is 0 Å². The molecule has 3 rings (SSSR count). The number of ether oxygens (including phenoxy) is 1. The molecule has 0 bridgehead atoms. The van der Waals surface area contributed by atoms with E-state index in [0.29, 0.717) is 17.6 Å². The van der Waals surface area contributed by atoms with Gasteiger partial charge in [-0.1, -0.05) is 18.9 Å². The molecule has 2 fully saturated rings. The predicted molar refractivity (Wildman–Crippen MR) is 110 cm³/mol. The molecule has 1 aliphatic heterocycles. The summed E-state index contributed by atoms with van der Waals surface area (Å²) >= 11 is 5.38. The quantitative estimate of drug-likeness (QED) is 0.561. The molecule has 0 spiro atoms. The second-order valence-corrected chi connectivity index (χ2v) is 7.57. The summed E-state index contributed by atoms with van der Waals surface area (Å²) < 4.78 is 5.86. The van der Waals surface area contributed by atoms with E-state index < -0.39 is 0 Å². The van der Waals surface area contributed by atoms with Crippen molar-refractivity contribution < 1.29 is 9.53 Å². The standard InChI is InChI=1S/C20H29N3O2S/c1-15-9-10-16(14-18(15)23-12-4-8-19(23)24)22-20(26)21-11-5-13-25-17-6-2-3-7-17/h9-10,14,17H,2-8,11-13H2,1H3,(H2,21,22,26). The monoisotopic (exact) mass is 375 g/mol. The summed E-state index contributed by atoms with van der Waals surface area (Å²) in [6.07, 6.45) is 8.01. The fraction of sp³-hybridized carbons (Fsp3) is 0.600. The first-order chi connectivity index (χ1) is 12.6. The summed E-state index contributed by atoms with van der Waals surface area (Å²) in [5, 5.41) is 7.06. The Hall–Kier alpha value is -1.66. The summed E-state index contributed by atoms with van der Waals surface area (Å²) in [5.74, 6) is 0.202. The molecule has 0 aromatic heterocycles. The molecule has 0 radical (unpaired) electrons. The largest absolute Gasteiger partial charge is 0.378 e. The fourth-order valence-electron chi connectivity index (χ4n) is 3.64. The van der Waals surface area contributed by atoms with Gasteiger partial charge < -0.3 is 20.3 Å². The first-order valence-corrected chi connectivity index (χ1v) is 10.1. The third kappa shape index (κ3) is 5.17. The summed E-state index contributed by atoms with van der Waals surface area (Å²) in [6, 6.07) is 6.04. The SMILES string of the molecule is Cc1ccc(NC(=S)NCCCOC2CCCC2)cc1N1CCCC1=O. The van der Waals surface area contributed by atoms with Crippen LogP contribution in [0.15, 0.2) is 18.2 Å². The summed E-state index contributed by atoms with van der Waals surface area (Å²) in [5.41, 5.74) is 2.99. The molecule has 26 heavy (non-hydrogen) atoms. The minimum atomic E-state index is 0.202. The molecule has 1 heterocycles. The zero-order valence-corrected chi connectivity index (χ0v) is 16.4. The van der Waals surface area contributed by atoms with Crippen molar-refractivity contribution in [3.8, 4) is 0 Å². The van der Waals surface area contributed by atoms with Gasteiger partial charge in [-0.15, -0.1) is 0 Å². The van der Waals surface area contributed by atoms with Gasteiger partial charge in [0.15, 0.2) is 5.11 Å². The number of nitrogens with zero attached hydrogens (tertiary/aromatic N) is 1. The molecule has 0 atom stereocenters. The fourth-order valence-corrected chi connectivity index (χ4v) is 3.86. The lowest BCUT2D eigenvalue weighted by molar-refractivity contribution is -0.117. The maximum absolute atomic E-state index is 12.0. The molecule has 0 unspecified atom stereocenters. The lowest BCUT2D eigenvalue weighted by Crippen LogP contribution is -2.30. The number of carbonyl (C=O) groups is 1. The third-order valence-corrected chi connectivity index (χ3v) is 5.34. The van der Waals surface area contributed by atoms with Crippen LogP contribution in [0.1, 0.15) is 50.5 Å². The Labute approximate surface area is 161 Å². The number of carbonyl (C=O) groups excluding carboxylic acids is 1. The lowest BCUT2D eigenvalue weighted by atomic mass is 10.1. The zero-order valence-electron chi connectivity index (χ0n) is 15.6. The highest BCUT2D eigenvalue weighted by atomic mass is 32.1. The number of nitrogens with one attached hydrogen (secondary N) is 2. The van der Waals surface area contributed by atoms with E-state index in [1.807, 2.05) is 30.0 Å². The molecule has 142 valence electrons. The summed E-state index contributed by atoms with van der Waals surface area (Å²) in [7, 11) is 0. The van der Waals surface area contributed by atoms with E-state index in [1.165, 1.54) is 25.7 Å². The Morgan fingerprint density at radius 2 is 2.12 bits per heavy atom. The van der Waals surface area contributed by atoms with Crippen LogP contribution in [0.3, 0.4) is 0 Å². The number of anilines is 2. The number of hydrogen-bond donors (Lipinski definition) is 2. The Bertz CT molecular complexity index is 644. The van der Waals surface area contributed by atoms with Crippen LogP contribution in [-0.2, 0) is 9.53 Å². The van der Waals surface area contributed by atoms with Gasteiger partial charge in [-0.2, -0.15) is 0 Å². The molecule has 1 aliphatic carbocycles. The van der Waals surface area contributed by atoms with Crippen LogP contribution in [0.4, 0.5) is 11.4 Å². The Morgan fingerprint density at radius 1 is 1.31 bits per heavy atom. The van der Waals surface area contributed by atoms with Crippen molar-refractivity contribution in [1.82, 2.24) is 5.32 Å². The van der Waals surface area contributed by atoms with Crippen LogP contribution in [0.5, 0.6) is 0 Å². The Morgan fingerprint density at radius 3 is 2.85 bits per heavy atom. The van der Waals surface area contributed by atoms with Crippen molar-refractivity contribution in [2.75, 3.05) is 29.9 Å².